The first-order valence-electron chi connectivity index (χ1n) is 5.96. The lowest BCUT2D eigenvalue weighted by Crippen LogP contribution is -2.20. The minimum atomic E-state index is -0.577. The number of primary amides is 1. The Balaban J connectivity index is 2.36. The molecule has 5 heteroatoms. The molecule has 0 spiro atoms. The van der Waals surface area contributed by atoms with Crippen LogP contribution in [0.15, 0.2) is 18.2 Å². The van der Waals surface area contributed by atoms with Gasteiger partial charge in [-0.2, -0.15) is 0 Å². The average molecular weight is 256 g/mol. The van der Waals surface area contributed by atoms with E-state index in [4.69, 9.17) is 5.73 Å². The minimum Gasteiger partial charge on any atom is -0.370 e. The molecule has 0 heterocycles. The molecule has 100 valence electrons. The van der Waals surface area contributed by atoms with Gasteiger partial charge in [0.15, 0.2) is 0 Å². The topological polar surface area (TPSA) is 55.1 Å². The fraction of sp³-hybridized carbons (Fsp3) is 0.462. The van der Waals surface area contributed by atoms with E-state index >= 15 is 0 Å². The number of benzene rings is 1. The fourth-order valence-electron chi connectivity index (χ4n) is 1.69. The van der Waals surface area contributed by atoms with E-state index in [-0.39, 0.29) is 11.9 Å². The van der Waals surface area contributed by atoms with Crippen LogP contribution in [0, 0.1) is 11.6 Å². The number of amides is 1. The second-order valence-corrected chi connectivity index (χ2v) is 4.30. The number of halogens is 2. The Labute approximate surface area is 105 Å². The van der Waals surface area contributed by atoms with E-state index in [1.807, 2.05) is 6.92 Å². The maximum absolute atomic E-state index is 13.0. The highest BCUT2D eigenvalue weighted by molar-refractivity contribution is 5.73. The molecule has 0 saturated carbocycles. The summed E-state index contributed by atoms with van der Waals surface area (Å²) in [5.74, 6) is -1.46. The third-order valence-electron chi connectivity index (χ3n) is 2.69. The maximum atomic E-state index is 13.0. The zero-order valence-corrected chi connectivity index (χ0v) is 10.4. The van der Waals surface area contributed by atoms with Crippen LogP contribution >= 0.6 is 0 Å². The normalized spacial score (nSPS) is 12.4. The highest BCUT2D eigenvalue weighted by Gasteiger charge is 2.07. The summed E-state index contributed by atoms with van der Waals surface area (Å²) in [6, 6.07) is 3.33. The predicted molar refractivity (Wildman–Crippen MR) is 65.8 cm³/mol. The lowest BCUT2D eigenvalue weighted by atomic mass is 10.1. The van der Waals surface area contributed by atoms with E-state index in [1.54, 1.807) is 0 Å². The van der Waals surface area contributed by atoms with Gasteiger partial charge in [-0.3, -0.25) is 4.79 Å². The molecule has 3 nitrogen and oxygen atoms in total. The number of hydrogen-bond donors (Lipinski definition) is 2. The second-order valence-electron chi connectivity index (χ2n) is 4.30. The molecule has 0 aliphatic heterocycles. The van der Waals surface area contributed by atoms with Gasteiger partial charge in [0, 0.05) is 18.5 Å². The number of carbonyl (C=O) groups excluding carboxylic acids is 1. The molecule has 1 aromatic rings. The highest BCUT2D eigenvalue weighted by atomic mass is 19.1. The van der Waals surface area contributed by atoms with Crippen molar-refractivity contribution in [1.82, 2.24) is 5.32 Å². The van der Waals surface area contributed by atoms with Gasteiger partial charge >= 0.3 is 0 Å². The van der Waals surface area contributed by atoms with E-state index in [0.717, 1.165) is 12.5 Å². The van der Waals surface area contributed by atoms with E-state index in [2.05, 4.69) is 5.32 Å². The van der Waals surface area contributed by atoms with Gasteiger partial charge in [0.1, 0.15) is 11.6 Å². The van der Waals surface area contributed by atoms with Crippen LogP contribution < -0.4 is 11.1 Å². The van der Waals surface area contributed by atoms with Crippen molar-refractivity contribution in [2.24, 2.45) is 5.73 Å². The monoisotopic (exact) mass is 256 g/mol. The molecule has 0 fully saturated rings. The van der Waals surface area contributed by atoms with Gasteiger partial charge in [-0.05, 0) is 44.0 Å². The Morgan fingerprint density at radius 2 is 1.89 bits per heavy atom. The summed E-state index contributed by atoms with van der Waals surface area (Å²) >= 11 is 0. The molecule has 0 aliphatic rings. The molecular formula is C13H18F2N2O. The molecular weight excluding hydrogens is 238 g/mol. The van der Waals surface area contributed by atoms with Crippen molar-refractivity contribution >= 4 is 5.91 Å². The standard InChI is InChI=1S/C13H18F2N2O/c1-9(17-5-3-2-4-13(16)18)10-6-11(14)8-12(15)7-10/h6-9,17H,2-5H2,1H3,(H2,16,18). The molecule has 0 bridgehead atoms. The summed E-state index contributed by atoms with van der Waals surface area (Å²) in [5, 5.41) is 3.14. The van der Waals surface area contributed by atoms with Crippen molar-refractivity contribution in [3.05, 3.63) is 35.4 Å². The number of nitrogens with two attached hydrogens (primary N) is 1. The molecule has 18 heavy (non-hydrogen) atoms. The van der Waals surface area contributed by atoms with Crippen molar-refractivity contribution in [3.63, 3.8) is 0 Å². The van der Waals surface area contributed by atoms with Crippen LogP contribution in [-0.2, 0) is 4.79 Å². The number of nitrogens with one attached hydrogen (secondary N) is 1. The minimum absolute atomic E-state index is 0.135. The molecule has 1 rings (SSSR count). The van der Waals surface area contributed by atoms with Crippen LogP contribution in [0.1, 0.15) is 37.8 Å². The quantitative estimate of drug-likeness (QED) is 0.735. The number of hydrogen-bond acceptors (Lipinski definition) is 2. The van der Waals surface area contributed by atoms with Gasteiger partial charge in [-0.25, -0.2) is 8.78 Å². The van der Waals surface area contributed by atoms with Crippen LogP contribution in [0.4, 0.5) is 8.78 Å². The summed E-state index contributed by atoms with van der Waals surface area (Å²) in [6.07, 6.45) is 1.88. The molecule has 0 radical (unpaired) electrons. The fourth-order valence-corrected chi connectivity index (χ4v) is 1.69. The van der Waals surface area contributed by atoms with Gasteiger partial charge in [-0.15, -0.1) is 0 Å². The number of carbonyl (C=O) groups is 1. The van der Waals surface area contributed by atoms with Crippen LogP contribution in [0.3, 0.4) is 0 Å². The molecule has 0 aromatic heterocycles. The van der Waals surface area contributed by atoms with E-state index in [0.29, 0.717) is 24.9 Å². The molecule has 1 amide bonds. The zero-order chi connectivity index (χ0) is 13.5. The summed E-state index contributed by atoms with van der Waals surface area (Å²) in [5.41, 5.74) is 5.59. The van der Waals surface area contributed by atoms with Gasteiger partial charge in [0.25, 0.3) is 0 Å². The molecule has 1 unspecified atom stereocenters. The maximum Gasteiger partial charge on any atom is 0.217 e. The van der Waals surface area contributed by atoms with E-state index < -0.39 is 11.6 Å². The second kappa shape index (κ2) is 7.06. The first-order valence-corrected chi connectivity index (χ1v) is 5.96. The predicted octanol–water partition coefficient (Wildman–Crippen LogP) is 2.27. The number of rotatable bonds is 7. The highest BCUT2D eigenvalue weighted by Crippen LogP contribution is 2.15. The Bertz CT molecular complexity index is 390. The van der Waals surface area contributed by atoms with Crippen LogP contribution in [0.5, 0.6) is 0 Å². The summed E-state index contributed by atoms with van der Waals surface area (Å²) < 4.78 is 26.0. The Hall–Kier alpha value is -1.49. The Kier molecular flexibility index (Phi) is 5.71. The Morgan fingerprint density at radius 3 is 2.44 bits per heavy atom. The van der Waals surface area contributed by atoms with Crippen molar-refractivity contribution in [2.75, 3.05) is 6.54 Å². The first kappa shape index (κ1) is 14.6. The van der Waals surface area contributed by atoms with Crippen LogP contribution in [0.2, 0.25) is 0 Å². The lowest BCUT2D eigenvalue weighted by Gasteiger charge is -2.14. The molecule has 1 aromatic carbocycles. The zero-order valence-electron chi connectivity index (χ0n) is 10.4. The van der Waals surface area contributed by atoms with Crippen molar-refractivity contribution in [2.45, 2.75) is 32.2 Å². The third-order valence-corrected chi connectivity index (χ3v) is 2.69. The van der Waals surface area contributed by atoms with E-state index in [9.17, 15) is 13.6 Å². The smallest absolute Gasteiger partial charge is 0.217 e. The van der Waals surface area contributed by atoms with Crippen molar-refractivity contribution < 1.29 is 13.6 Å². The molecule has 1 atom stereocenters. The first-order chi connectivity index (χ1) is 8.49. The average Bonchev–Trinajstić information content (AvgIpc) is 2.26. The van der Waals surface area contributed by atoms with Gasteiger partial charge in [0.05, 0.1) is 0 Å². The molecule has 3 N–H and O–H groups in total. The SMILES string of the molecule is CC(NCCCCC(N)=O)c1cc(F)cc(F)c1. The van der Waals surface area contributed by atoms with Gasteiger partial charge in [-0.1, -0.05) is 0 Å². The summed E-state index contributed by atoms with van der Waals surface area (Å²) in [6.45, 7) is 2.51. The summed E-state index contributed by atoms with van der Waals surface area (Å²) in [7, 11) is 0. The van der Waals surface area contributed by atoms with Gasteiger partial charge < -0.3 is 11.1 Å². The molecule has 0 saturated heterocycles. The van der Waals surface area contributed by atoms with E-state index in [1.165, 1.54) is 12.1 Å². The van der Waals surface area contributed by atoms with Crippen molar-refractivity contribution in [1.29, 1.82) is 0 Å². The number of unbranched alkanes of at least 4 members (excludes halogenated alkanes) is 1. The van der Waals surface area contributed by atoms with Crippen LogP contribution in [0.25, 0.3) is 0 Å². The lowest BCUT2D eigenvalue weighted by molar-refractivity contribution is -0.118. The largest absolute Gasteiger partial charge is 0.370 e. The summed E-state index contributed by atoms with van der Waals surface area (Å²) in [4.78, 5) is 10.5. The van der Waals surface area contributed by atoms with Gasteiger partial charge in [0.2, 0.25) is 5.91 Å². The third kappa shape index (κ3) is 5.23. The molecule has 0 aliphatic carbocycles. The van der Waals surface area contributed by atoms with Crippen LogP contribution in [-0.4, -0.2) is 12.5 Å². The Morgan fingerprint density at radius 1 is 1.28 bits per heavy atom. The van der Waals surface area contributed by atoms with Crippen molar-refractivity contribution in [3.8, 4) is 0 Å².